The highest BCUT2D eigenvalue weighted by Crippen LogP contribution is 2.11. The van der Waals surface area contributed by atoms with Crippen molar-refractivity contribution in [2.75, 3.05) is 0 Å². The maximum atomic E-state index is 13.2. The zero-order valence-electron chi connectivity index (χ0n) is 9.74. The Morgan fingerprint density at radius 2 is 2.06 bits per heavy atom. The van der Waals surface area contributed by atoms with Crippen LogP contribution in [0.5, 0.6) is 0 Å². The van der Waals surface area contributed by atoms with Crippen molar-refractivity contribution >= 4 is 5.97 Å². The van der Waals surface area contributed by atoms with Gasteiger partial charge in [0, 0.05) is 11.6 Å². The molecule has 1 aromatic carbocycles. The van der Waals surface area contributed by atoms with Gasteiger partial charge in [-0.25, -0.2) is 8.78 Å². The van der Waals surface area contributed by atoms with Gasteiger partial charge in [0.15, 0.2) is 0 Å². The molecule has 2 N–H and O–H groups in total. The third kappa shape index (κ3) is 3.78. The van der Waals surface area contributed by atoms with Crippen LogP contribution in [0.2, 0.25) is 0 Å². The fourth-order valence-corrected chi connectivity index (χ4v) is 1.16. The first kappa shape index (κ1) is 13.6. The van der Waals surface area contributed by atoms with Gasteiger partial charge in [0.05, 0.1) is 0 Å². The molecule has 1 aromatic rings. The summed E-state index contributed by atoms with van der Waals surface area (Å²) in [6.45, 7) is 3.32. The number of nitrogens with two attached hydrogens (primary N) is 1. The lowest BCUT2D eigenvalue weighted by Crippen LogP contribution is -2.36. The molecule has 0 aliphatic carbocycles. The average Bonchev–Trinajstić information content (AvgIpc) is 2.26. The van der Waals surface area contributed by atoms with Crippen molar-refractivity contribution in [2.45, 2.75) is 26.5 Å². The summed E-state index contributed by atoms with van der Waals surface area (Å²) in [4.78, 5) is 11.4. The highest BCUT2D eigenvalue weighted by Gasteiger charge is 2.19. The molecule has 94 valence electrons. The number of hydrogen-bond acceptors (Lipinski definition) is 3. The highest BCUT2D eigenvalue weighted by atomic mass is 19.1. The molecule has 1 unspecified atom stereocenters. The Balaban J connectivity index is 2.59. The topological polar surface area (TPSA) is 52.3 Å². The van der Waals surface area contributed by atoms with Gasteiger partial charge in [0.2, 0.25) is 0 Å². The fourth-order valence-electron chi connectivity index (χ4n) is 1.16. The Kier molecular flexibility index (Phi) is 4.57. The Bertz CT molecular complexity index is 407. The van der Waals surface area contributed by atoms with Crippen LogP contribution in [0, 0.1) is 17.6 Å². The van der Waals surface area contributed by atoms with Crippen LogP contribution in [-0.4, -0.2) is 12.0 Å². The van der Waals surface area contributed by atoms with Crippen LogP contribution in [0.3, 0.4) is 0 Å². The number of halogens is 2. The molecule has 0 bridgehead atoms. The lowest BCUT2D eigenvalue weighted by atomic mass is 10.1. The molecule has 1 atom stereocenters. The first-order chi connectivity index (χ1) is 7.91. The summed E-state index contributed by atoms with van der Waals surface area (Å²) < 4.78 is 30.7. The SMILES string of the molecule is CC(C)C(N)C(=O)OCc1ccc(F)cc1F. The van der Waals surface area contributed by atoms with Crippen molar-refractivity contribution in [3.8, 4) is 0 Å². The summed E-state index contributed by atoms with van der Waals surface area (Å²) in [5.41, 5.74) is 5.68. The zero-order valence-corrected chi connectivity index (χ0v) is 9.74. The zero-order chi connectivity index (χ0) is 13.0. The number of carbonyl (C=O) groups excluding carboxylic acids is 1. The van der Waals surface area contributed by atoms with Gasteiger partial charge in [-0.3, -0.25) is 4.79 Å². The molecule has 17 heavy (non-hydrogen) atoms. The van der Waals surface area contributed by atoms with E-state index in [1.807, 2.05) is 0 Å². The third-order valence-electron chi connectivity index (χ3n) is 2.38. The Hall–Kier alpha value is -1.49. The summed E-state index contributed by atoms with van der Waals surface area (Å²) in [6, 6.07) is 2.34. The summed E-state index contributed by atoms with van der Waals surface area (Å²) >= 11 is 0. The summed E-state index contributed by atoms with van der Waals surface area (Å²) in [7, 11) is 0. The first-order valence-corrected chi connectivity index (χ1v) is 5.28. The lowest BCUT2D eigenvalue weighted by molar-refractivity contribution is -0.147. The van der Waals surface area contributed by atoms with Crippen LogP contribution in [0.25, 0.3) is 0 Å². The molecule has 5 heteroatoms. The predicted molar refractivity (Wildman–Crippen MR) is 59.0 cm³/mol. The van der Waals surface area contributed by atoms with Gasteiger partial charge in [-0.2, -0.15) is 0 Å². The molecule has 1 rings (SSSR count). The highest BCUT2D eigenvalue weighted by molar-refractivity contribution is 5.75. The molecule has 0 saturated heterocycles. The maximum Gasteiger partial charge on any atom is 0.323 e. The summed E-state index contributed by atoms with van der Waals surface area (Å²) in [6.07, 6.45) is 0. The number of ether oxygens (including phenoxy) is 1. The number of benzene rings is 1. The molecule has 0 aliphatic rings. The van der Waals surface area contributed by atoms with E-state index >= 15 is 0 Å². The number of rotatable bonds is 4. The van der Waals surface area contributed by atoms with Gasteiger partial charge in [-0.05, 0) is 18.1 Å². The van der Waals surface area contributed by atoms with Crippen LogP contribution in [-0.2, 0) is 16.1 Å². The van der Waals surface area contributed by atoms with Crippen LogP contribution in [0.1, 0.15) is 19.4 Å². The molecule has 0 spiro atoms. The van der Waals surface area contributed by atoms with E-state index in [9.17, 15) is 13.6 Å². The molecule has 0 radical (unpaired) electrons. The molecular formula is C12H15F2NO2. The van der Waals surface area contributed by atoms with E-state index in [1.165, 1.54) is 6.07 Å². The number of esters is 1. The third-order valence-corrected chi connectivity index (χ3v) is 2.38. The van der Waals surface area contributed by atoms with Gasteiger partial charge >= 0.3 is 5.97 Å². The van der Waals surface area contributed by atoms with Crippen molar-refractivity contribution in [3.05, 3.63) is 35.4 Å². The minimum Gasteiger partial charge on any atom is -0.460 e. The summed E-state index contributed by atoms with van der Waals surface area (Å²) in [5, 5.41) is 0. The Labute approximate surface area is 98.6 Å². The second-order valence-corrected chi connectivity index (χ2v) is 4.11. The molecule has 0 saturated carbocycles. The largest absolute Gasteiger partial charge is 0.460 e. The van der Waals surface area contributed by atoms with Crippen LogP contribution >= 0.6 is 0 Å². The predicted octanol–water partition coefficient (Wildman–Crippen LogP) is 1.99. The number of carbonyl (C=O) groups is 1. The van der Waals surface area contributed by atoms with E-state index in [-0.39, 0.29) is 18.1 Å². The van der Waals surface area contributed by atoms with Crippen molar-refractivity contribution in [3.63, 3.8) is 0 Å². The van der Waals surface area contributed by atoms with E-state index in [0.29, 0.717) is 0 Å². The second kappa shape index (κ2) is 5.72. The van der Waals surface area contributed by atoms with Crippen molar-refractivity contribution in [2.24, 2.45) is 11.7 Å². The Morgan fingerprint density at radius 3 is 2.59 bits per heavy atom. The minimum atomic E-state index is -0.740. The minimum absolute atomic E-state index is 0.0550. The molecule has 0 amide bonds. The normalized spacial score (nSPS) is 12.6. The van der Waals surface area contributed by atoms with E-state index in [4.69, 9.17) is 10.5 Å². The van der Waals surface area contributed by atoms with Gasteiger partial charge < -0.3 is 10.5 Å². The van der Waals surface area contributed by atoms with Gasteiger partial charge in [0.1, 0.15) is 24.3 Å². The van der Waals surface area contributed by atoms with Gasteiger partial charge in [-0.15, -0.1) is 0 Å². The maximum absolute atomic E-state index is 13.2. The second-order valence-electron chi connectivity index (χ2n) is 4.11. The molecule has 0 aliphatic heterocycles. The molecule has 0 fully saturated rings. The van der Waals surface area contributed by atoms with Crippen molar-refractivity contribution in [1.82, 2.24) is 0 Å². The van der Waals surface area contributed by atoms with E-state index in [1.54, 1.807) is 13.8 Å². The van der Waals surface area contributed by atoms with Gasteiger partial charge in [-0.1, -0.05) is 13.8 Å². The molecule has 3 nitrogen and oxygen atoms in total. The van der Waals surface area contributed by atoms with E-state index < -0.39 is 23.6 Å². The summed E-state index contributed by atoms with van der Waals surface area (Å²) in [5.74, 6) is -2.06. The first-order valence-electron chi connectivity index (χ1n) is 5.28. The number of hydrogen-bond donors (Lipinski definition) is 1. The molecule has 0 heterocycles. The lowest BCUT2D eigenvalue weighted by Gasteiger charge is -2.14. The average molecular weight is 243 g/mol. The Morgan fingerprint density at radius 1 is 1.41 bits per heavy atom. The monoisotopic (exact) mass is 243 g/mol. The van der Waals surface area contributed by atoms with E-state index in [2.05, 4.69) is 0 Å². The van der Waals surface area contributed by atoms with Crippen molar-refractivity contribution < 1.29 is 18.3 Å². The quantitative estimate of drug-likeness (QED) is 0.823. The molecular weight excluding hydrogens is 228 g/mol. The standard InChI is InChI=1S/C12H15F2NO2/c1-7(2)11(15)12(16)17-6-8-3-4-9(13)5-10(8)14/h3-5,7,11H,6,15H2,1-2H3. The van der Waals surface area contributed by atoms with E-state index in [0.717, 1.165) is 12.1 Å². The molecule has 0 aromatic heterocycles. The van der Waals surface area contributed by atoms with Crippen molar-refractivity contribution in [1.29, 1.82) is 0 Å². The van der Waals surface area contributed by atoms with Crippen LogP contribution in [0.4, 0.5) is 8.78 Å². The fraction of sp³-hybridized carbons (Fsp3) is 0.417. The van der Waals surface area contributed by atoms with Crippen LogP contribution < -0.4 is 5.73 Å². The van der Waals surface area contributed by atoms with Crippen LogP contribution in [0.15, 0.2) is 18.2 Å². The smallest absolute Gasteiger partial charge is 0.323 e. The van der Waals surface area contributed by atoms with Gasteiger partial charge in [0.25, 0.3) is 0 Å².